The summed E-state index contributed by atoms with van der Waals surface area (Å²) in [5, 5.41) is 0. The molecule has 0 unspecified atom stereocenters. The van der Waals surface area contributed by atoms with Gasteiger partial charge in [-0.2, -0.15) is 127 Å². The fraction of sp³-hybridized carbons (Fsp3) is 0.222. The average Bonchev–Trinajstić information content (AvgIpc) is 3.36. The van der Waals surface area contributed by atoms with E-state index >= 15 is 0 Å². The molecule has 7 aromatic carbocycles. The summed E-state index contributed by atoms with van der Waals surface area (Å²) in [6.07, 6.45) is -52.6. The summed E-state index contributed by atoms with van der Waals surface area (Å²) in [5.41, 5.74) is -30.2. The van der Waals surface area contributed by atoms with Gasteiger partial charge >= 0.3 is 49.4 Å². The molecule has 0 aliphatic rings. The minimum atomic E-state index is -6.13. The summed E-state index contributed by atoms with van der Waals surface area (Å²) < 4.78 is 347. The molecule has 0 bridgehead atoms. The Kier molecular flexibility index (Phi) is 18.1. The van der Waals surface area contributed by atoms with Gasteiger partial charge in [0.2, 0.25) is 4.90 Å². The van der Waals surface area contributed by atoms with Crippen LogP contribution in [0.4, 0.5) is 105 Å². The second-order valence-electron chi connectivity index (χ2n) is 17.8. The molecule has 0 aliphatic heterocycles. The number of hydrogen-bond donors (Lipinski definition) is 0. The van der Waals surface area contributed by atoms with Crippen LogP contribution in [-0.2, 0) is 60.3 Å². The monoisotopic (exact) mass is 1200 g/mol. The smallest absolute Gasteiger partial charge is 0.416 e. The highest BCUT2D eigenvalue weighted by Gasteiger charge is 2.47. The maximum Gasteiger partial charge on any atom is 0.416 e. The molecular weight excluding hydrogens is 1160 g/mol. The molecule has 7 aromatic rings. The number of ether oxygens (including phenoxy) is 1. The lowest BCUT2D eigenvalue weighted by molar-refractivity contribution is -0.144. The van der Waals surface area contributed by atoms with E-state index in [2.05, 4.69) is 91.9 Å². The van der Waals surface area contributed by atoms with E-state index in [4.69, 9.17) is 4.74 Å². The summed E-state index contributed by atoms with van der Waals surface area (Å²) in [7, 11) is -0.157. The second kappa shape index (κ2) is 23.1. The fourth-order valence-corrected chi connectivity index (χ4v) is 10.8. The van der Waals surface area contributed by atoms with Crippen LogP contribution in [-0.4, -0.2) is 12.8 Å². The molecule has 0 heterocycles. The number of alkyl halides is 24. The lowest BCUT2D eigenvalue weighted by Gasteiger charge is -2.46. The van der Waals surface area contributed by atoms with E-state index < -0.39 is 195 Å². The van der Waals surface area contributed by atoms with E-state index in [1.165, 1.54) is 14.7 Å². The SMILES string of the molecule is CCCCOc1ccccc1[S+](c1ccccc1)c1ccccc1.FC(F)(F)c1cc([B-](c2cc(C(F)(F)F)cc(C(F)(F)F)c2)(c2cc(C(F)(F)F)cc(C(F)(F)F)c2)c2cc(C(F)(F)F)cc(C(F)(F)F)c2)cc(C(F)(F)F)c1. The predicted octanol–water partition coefficient (Wildman–Crippen LogP) is 17.2. The molecule has 0 fully saturated rings. The summed E-state index contributed by atoms with van der Waals surface area (Å²) >= 11 is 0. The van der Waals surface area contributed by atoms with Crippen LogP contribution in [0, 0.1) is 0 Å². The molecule has 0 amide bonds. The van der Waals surface area contributed by atoms with Gasteiger partial charge in [-0.25, -0.2) is 0 Å². The molecule has 7 rings (SSSR count). The van der Waals surface area contributed by atoms with E-state index in [0.717, 1.165) is 25.2 Å². The Morgan fingerprint density at radius 1 is 0.321 bits per heavy atom. The summed E-state index contributed by atoms with van der Waals surface area (Å²) in [5.74, 6) is 1.00. The van der Waals surface area contributed by atoms with Crippen LogP contribution < -0.4 is 26.6 Å². The number of halogens is 24. The zero-order valence-electron chi connectivity index (χ0n) is 40.6. The van der Waals surface area contributed by atoms with Crippen molar-refractivity contribution in [3.63, 3.8) is 0 Å². The number of hydrogen-bond acceptors (Lipinski definition) is 1. The zero-order chi connectivity index (χ0) is 60.5. The molecule has 0 saturated heterocycles. The van der Waals surface area contributed by atoms with Gasteiger partial charge in [-0.1, -0.05) is 110 Å². The molecule has 434 valence electrons. The molecule has 0 saturated carbocycles. The first-order valence-corrected chi connectivity index (χ1v) is 24.3. The van der Waals surface area contributed by atoms with Crippen molar-refractivity contribution >= 4 is 38.9 Å². The highest BCUT2D eigenvalue weighted by Crippen LogP contribution is 2.42. The van der Waals surface area contributed by atoms with E-state index in [9.17, 15) is 105 Å². The normalized spacial score (nSPS) is 13.3. The summed E-state index contributed by atoms with van der Waals surface area (Å²) in [4.78, 5) is 3.89. The van der Waals surface area contributed by atoms with Crippen molar-refractivity contribution in [2.75, 3.05) is 6.61 Å². The minimum absolute atomic E-state index is 0.157. The molecule has 0 radical (unpaired) electrons. The van der Waals surface area contributed by atoms with E-state index in [-0.39, 0.29) is 10.9 Å². The number of unbranched alkanes of at least 4 members (excludes halogenated alkanes) is 1. The van der Waals surface area contributed by atoms with Gasteiger partial charge in [-0.3, -0.25) is 0 Å². The molecule has 0 spiro atoms. The largest absolute Gasteiger partial charge is 0.488 e. The third kappa shape index (κ3) is 15.0. The molecule has 0 atom stereocenters. The van der Waals surface area contributed by atoms with Crippen LogP contribution in [0.25, 0.3) is 0 Å². The van der Waals surface area contributed by atoms with Crippen LogP contribution in [0.3, 0.4) is 0 Å². The molecule has 27 heteroatoms. The van der Waals surface area contributed by atoms with Crippen LogP contribution >= 0.6 is 0 Å². The minimum Gasteiger partial charge on any atom is -0.488 e. The molecule has 0 aliphatic carbocycles. The molecule has 0 aromatic heterocycles. The third-order valence-corrected chi connectivity index (χ3v) is 14.5. The van der Waals surface area contributed by atoms with Gasteiger partial charge in [0.15, 0.2) is 15.5 Å². The molecular formula is C54H35BF24OS. The predicted molar refractivity (Wildman–Crippen MR) is 252 cm³/mol. The van der Waals surface area contributed by atoms with Crippen molar-refractivity contribution in [3.8, 4) is 5.75 Å². The highest BCUT2D eigenvalue weighted by atomic mass is 32.2. The van der Waals surface area contributed by atoms with Crippen LogP contribution in [0.15, 0.2) is 172 Å². The van der Waals surface area contributed by atoms with Crippen molar-refractivity contribution in [1.29, 1.82) is 0 Å². The van der Waals surface area contributed by atoms with Crippen molar-refractivity contribution in [1.82, 2.24) is 0 Å². The van der Waals surface area contributed by atoms with Gasteiger partial charge in [0, 0.05) is 0 Å². The Hall–Kier alpha value is -6.93. The Morgan fingerprint density at radius 3 is 0.790 bits per heavy atom. The van der Waals surface area contributed by atoms with Gasteiger partial charge in [-0.15, -0.1) is 0 Å². The quantitative estimate of drug-likeness (QED) is 0.0543. The average molecular weight is 1200 g/mol. The van der Waals surface area contributed by atoms with Crippen LogP contribution in [0.1, 0.15) is 64.3 Å². The zero-order valence-corrected chi connectivity index (χ0v) is 41.4. The lowest BCUT2D eigenvalue weighted by Crippen LogP contribution is -2.75. The Morgan fingerprint density at radius 2 is 0.556 bits per heavy atom. The number of benzene rings is 7. The van der Waals surface area contributed by atoms with Crippen molar-refractivity contribution in [2.45, 2.75) is 83.9 Å². The first-order valence-electron chi connectivity index (χ1n) is 23.1. The van der Waals surface area contributed by atoms with Crippen molar-refractivity contribution < 1.29 is 110 Å². The molecule has 0 N–H and O–H groups in total. The third-order valence-electron chi connectivity index (χ3n) is 12.2. The van der Waals surface area contributed by atoms with Crippen molar-refractivity contribution in [2.24, 2.45) is 0 Å². The van der Waals surface area contributed by atoms with E-state index in [1.54, 1.807) is 0 Å². The maximum absolute atomic E-state index is 14.2. The lowest BCUT2D eigenvalue weighted by atomic mass is 9.12. The Labute approximate surface area is 446 Å². The summed E-state index contributed by atoms with van der Waals surface area (Å²) in [6.45, 7) is 2.96. The van der Waals surface area contributed by atoms with E-state index in [1.807, 2.05) is 0 Å². The Bertz CT molecular complexity index is 2800. The van der Waals surface area contributed by atoms with Crippen LogP contribution in [0.2, 0.25) is 0 Å². The van der Waals surface area contributed by atoms with E-state index in [0.29, 0.717) is 0 Å². The fourth-order valence-electron chi connectivity index (χ4n) is 8.64. The van der Waals surface area contributed by atoms with Crippen LogP contribution in [0.5, 0.6) is 5.75 Å². The molecule has 1 nitrogen and oxygen atoms in total. The second-order valence-corrected chi connectivity index (χ2v) is 19.8. The first kappa shape index (κ1) is 63.3. The van der Waals surface area contributed by atoms with Gasteiger partial charge in [0.1, 0.15) is 17.0 Å². The van der Waals surface area contributed by atoms with Gasteiger partial charge in [0.25, 0.3) is 0 Å². The number of para-hydroxylation sites is 1. The first-order chi connectivity index (χ1) is 37.2. The van der Waals surface area contributed by atoms with Gasteiger partial charge < -0.3 is 4.74 Å². The van der Waals surface area contributed by atoms with Gasteiger partial charge in [-0.05, 0) is 67.1 Å². The topological polar surface area (TPSA) is 9.23 Å². The van der Waals surface area contributed by atoms with Gasteiger partial charge in [0.05, 0.1) is 51.1 Å². The Balaban J connectivity index is 0.000000363. The summed E-state index contributed by atoms with van der Waals surface area (Å²) in [6, 6.07) is 21.1. The number of rotatable bonds is 11. The standard InChI is InChI=1S/C32H12BF24.C22H23OS/c34-25(35,36)13-1-14(26(37,38)39)6-21(5-13)33(22-7-15(27(40,41)42)2-16(8-22)28(43,44)45,23-9-17(29(46,47)48)3-18(10-23)30(49,50)51)24-11-19(31(52,53)54)4-20(12-24)32(55,56)57;1-2-3-18-23-21-16-10-11-17-22(21)24(19-12-6-4-7-13-19)20-14-8-5-9-15-20/h1-12H;4-17H,2-3,18H2,1H3/q-1;+1. The highest BCUT2D eigenvalue weighted by molar-refractivity contribution is 7.97. The maximum atomic E-state index is 14.2. The molecule has 81 heavy (non-hydrogen) atoms. The van der Waals surface area contributed by atoms with Crippen molar-refractivity contribution in [3.05, 3.63) is 202 Å².